The first-order chi connectivity index (χ1) is 10.9. The summed E-state index contributed by atoms with van der Waals surface area (Å²) in [4.78, 5) is 26.9. The van der Waals surface area contributed by atoms with E-state index in [0.29, 0.717) is 16.1 Å². The SMILES string of the molecule is Cc1ccc(C(=O)O/N=C(\N)c2ccc(Cl)cc2)cc1[N+](=O)[O-]. The van der Waals surface area contributed by atoms with Crippen LogP contribution in [0.1, 0.15) is 21.5 Å². The Hall–Kier alpha value is -2.93. The van der Waals surface area contributed by atoms with Crippen LogP contribution in [-0.2, 0) is 4.84 Å². The largest absolute Gasteiger partial charge is 0.380 e. The Kier molecular flexibility index (Phi) is 4.92. The van der Waals surface area contributed by atoms with Crippen LogP contribution in [0, 0.1) is 17.0 Å². The molecule has 0 unspecified atom stereocenters. The van der Waals surface area contributed by atoms with Crippen molar-refractivity contribution >= 4 is 29.1 Å². The summed E-state index contributed by atoms with van der Waals surface area (Å²) in [5.41, 5.74) is 6.50. The Labute approximate surface area is 136 Å². The van der Waals surface area contributed by atoms with Gasteiger partial charge >= 0.3 is 5.97 Å². The summed E-state index contributed by atoms with van der Waals surface area (Å²) < 4.78 is 0. The van der Waals surface area contributed by atoms with Gasteiger partial charge in [-0.05, 0) is 37.3 Å². The molecule has 8 heteroatoms. The number of nitro benzene ring substituents is 1. The van der Waals surface area contributed by atoms with Gasteiger partial charge in [0.15, 0.2) is 5.84 Å². The van der Waals surface area contributed by atoms with Gasteiger partial charge in [0.25, 0.3) is 5.69 Å². The van der Waals surface area contributed by atoms with E-state index in [9.17, 15) is 14.9 Å². The summed E-state index contributed by atoms with van der Waals surface area (Å²) in [6.07, 6.45) is 0. The molecule has 0 bridgehead atoms. The Balaban J connectivity index is 2.16. The molecule has 0 aromatic heterocycles. The van der Waals surface area contributed by atoms with E-state index in [4.69, 9.17) is 22.2 Å². The minimum atomic E-state index is -0.843. The van der Waals surface area contributed by atoms with E-state index in [2.05, 4.69) is 5.16 Å². The number of oxime groups is 1. The van der Waals surface area contributed by atoms with Crippen LogP contribution < -0.4 is 5.73 Å². The molecule has 2 N–H and O–H groups in total. The highest BCUT2D eigenvalue weighted by atomic mass is 35.5. The zero-order valence-electron chi connectivity index (χ0n) is 12.0. The van der Waals surface area contributed by atoms with Crippen molar-refractivity contribution in [2.75, 3.05) is 0 Å². The van der Waals surface area contributed by atoms with Crippen molar-refractivity contribution in [1.29, 1.82) is 0 Å². The maximum Gasteiger partial charge on any atom is 0.366 e. The second kappa shape index (κ2) is 6.89. The van der Waals surface area contributed by atoms with E-state index in [1.54, 1.807) is 31.2 Å². The van der Waals surface area contributed by atoms with Crippen molar-refractivity contribution in [3.8, 4) is 0 Å². The first kappa shape index (κ1) is 16.4. The molecular weight excluding hydrogens is 322 g/mol. The Morgan fingerprint density at radius 2 is 1.83 bits per heavy atom. The quantitative estimate of drug-likeness (QED) is 0.304. The van der Waals surface area contributed by atoms with Crippen LogP contribution in [0.5, 0.6) is 0 Å². The first-order valence-electron chi connectivity index (χ1n) is 6.44. The molecule has 0 saturated heterocycles. The monoisotopic (exact) mass is 333 g/mol. The van der Waals surface area contributed by atoms with Gasteiger partial charge in [0.05, 0.1) is 10.5 Å². The highest BCUT2D eigenvalue weighted by Crippen LogP contribution is 2.19. The lowest BCUT2D eigenvalue weighted by Gasteiger charge is -2.03. The summed E-state index contributed by atoms with van der Waals surface area (Å²) in [5.74, 6) is -0.860. The lowest BCUT2D eigenvalue weighted by atomic mass is 10.1. The molecule has 0 amide bonds. The number of hydrogen-bond donors (Lipinski definition) is 1. The minimum Gasteiger partial charge on any atom is -0.380 e. The Morgan fingerprint density at radius 1 is 1.22 bits per heavy atom. The molecule has 2 aromatic carbocycles. The fourth-order valence-electron chi connectivity index (χ4n) is 1.75. The molecule has 0 saturated carbocycles. The van der Waals surface area contributed by atoms with Crippen molar-refractivity contribution in [2.24, 2.45) is 10.9 Å². The fourth-order valence-corrected chi connectivity index (χ4v) is 1.88. The molecule has 0 fully saturated rings. The van der Waals surface area contributed by atoms with Crippen LogP contribution in [0.15, 0.2) is 47.6 Å². The van der Waals surface area contributed by atoms with Crippen molar-refractivity contribution in [3.63, 3.8) is 0 Å². The summed E-state index contributed by atoms with van der Waals surface area (Å²) >= 11 is 5.76. The summed E-state index contributed by atoms with van der Waals surface area (Å²) in [5, 5.41) is 14.9. The number of benzene rings is 2. The van der Waals surface area contributed by atoms with Crippen molar-refractivity contribution in [1.82, 2.24) is 0 Å². The number of amidine groups is 1. The number of rotatable bonds is 4. The maximum absolute atomic E-state index is 11.9. The maximum atomic E-state index is 11.9. The van der Waals surface area contributed by atoms with Crippen molar-refractivity contribution in [2.45, 2.75) is 6.92 Å². The molecule has 0 aliphatic heterocycles. The van der Waals surface area contributed by atoms with Gasteiger partial charge in [-0.2, -0.15) is 0 Å². The predicted molar refractivity (Wildman–Crippen MR) is 85.4 cm³/mol. The highest BCUT2D eigenvalue weighted by molar-refractivity contribution is 6.30. The predicted octanol–water partition coefficient (Wildman–Crippen LogP) is 3.03. The lowest BCUT2D eigenvalue weighted by Crippen LogP contribution is -2.15. The molecule has 2 rings (SSSR count). The number of nitro groups is 1. The van der Waals surface area contributed by atoms with Crippen molar-refractivity contribution < 1.29 is 14.6 Å². The summed E-state index contributed by atoms with van der Waals surface area (Å²) in [6, 6.07) is 10.5. The van der Waals surface area contributed by atoms with E-state index < -0.39 is 10.9 Å². The van der Waals surface area contributed by atoms with Crippen LogP contribution in [0.4, 0.5) is 5.69 Å². The van der Waals surface area contributed by atoms with Crippen molar-refractivity contribution in [3.05, 3.63) is 74.3 Å². The minimum absolute atomic E-state index is 0.00922. The number of aryl methyl sites for hydroxylation is 1. The molecule has 0 atom stereocenters. The number of carbonyl (C=O) groups excluding carboxylic acids is 1. The van der Waals surface area contributed by atoms with Gasteiger partial charge in [-0.3, -0.25) is 10.1 Å². The highest BCUT2D eigenvalue weighted by Gasteiger charge is 2.16. The zero-order valence-corrected chi connectivity index (χ0v) is 12.8. The zero-order chi connectivity index (χ0) is 17.0. The molecule has 0 aliphatic carbocycles. The second-order valence-electron chi connectivity index (χ2n) is 4.62. The topological polar surface area (TPSA) is 108 Å². The van der Waals surface area contributed by atoms with E-state index in [-0.39, 0.29) is 17.1 Å². The van der Waals surface area contributed by atoms with E-state index in [1.807, 2.05) is 0 Å². The molecular formula is C15H12ClN3O4. The molecule has 0 radical (unpaired) electrons. The third-order valence-corrected chi connectivity index (χ3v) is 3.26. The number of carbonyl (C=O) groups is 1. The number of halogens is 1. The van der Waals surface area contributed by atoms with Crippen LogP contribution >= 0.6 is 11.6 Å². The molecule has 0 spiro atoms. The van der Waals surface area contributed by atoms with E-state index in [1.165, 1.54) is 12.1 Å². The van der Waals surface area contributed by atoms with Gasteiger partial charge in [-0.1, -0.05) is 22.8 Å². The Morgan fingerprint density at radius 3 is 2.43 bits per heavy atom. The molecule has 0 heterocycles. The van der Waals surface area contributed by atoms with Gasteiger partial charge in [0.2, 0.25) is 0 Å². The van der Waals surface area contributed by atoms with Crippen LogP contribution in [-0.4, -0.2) is 16.7 Å². The van der Waals surface area contributed by atoms with Gasteiger partial charge in [-0.25, -0.2) is 4.79 Å². The number of nitrogens with two attached hydrogens (primary N) is 1. The van der Waals surface area contributed by atoms with E-state index in [0.717, 1.165) is 6.07 Å². The number of nitrogens with zero attached hydrogens (tertiary/aromatic N) is 2. The summed E-state index contributed by atoms with van der Waals surface area (Å²) in [7, 11) is 0. The molecule has 2 aromatic rings. The third-order valence-electron chi connectivity index (χ3n) is 3.01. The molecule has 23 heavy (non-hydrogen) atoms. The average molecular weight is 334 g/mol. The van der Waals surface area contributed by atoms with Crippen LogP contribution in [0.2, 0.25) is 5.02 Å². The van der Waals surface area contributed by atoms with Crippen LogP contribution in [0.3, 0.4) is 0 Å². The van der Waals surface area contributed by atoms with Gasteiger partial charge in [-0.15, -0.1) is 0 Å². The second-order valence-corrected chi connectivity index (χ2v) is 5.06. The summed E-state index contributed by atoms with van der Waals surface area (Å²) in [6.45, 7) is 1.57. The third kappa shape index (κ3) is 4.04. The van der Waals surface area contributed by atoms with E-state index >= 15 is 0 Å². The van der Waals surface area contributed by atoms with Gasteiger partial charge in [0.1, 0.15) is 0 Å². The Bertz CT molecular complexity index is 788. The first-order valence-corrected chi connectivity index (χ1v) is 6.82. The van der Waals surface area contributed by atoms with Gasteiger partial charge in [0, 0.05) is 22.2 Å². The fraction of sp³-hybridized carbons (Fsp3) is 0.0667. The van der Waals surface area contributed by atoms with Crippen LogP contribution in [0.25, 0.3) is 0 Å². The lowest BCUT2D eigenvalue weighted by molar-refractivity contribution is -0.385. The average Bonchev–Trinajstić information content (AvgIpc) is 2.53. The normalized spacial score (nSPS) is 11.1. The molecule has 0 aliphatic rings. The standard InChI is InChI=1S/C15H12ClN3O4/c1-9-2-3-11(8-13(9)19(21)22)15(20)23-18-14(17)10-4-6-12(16)7-5-10/h2-8H,1H3,(H2,17,18). The number of hydrogen-bond acceptors (Lipinski definition) is 5. The molecule has 7 nitrogen and oxygen atoms in total. The van der Waals surface area contributed by atoms with Gasteiger partial charge < -0.3 is 10.6 Å². The molecule has 118 valence electrons. The smallest absolute Gasteiger partial charge is 0.366 e.